The minimum absolute atomic E-state index is 0.0816. The van der Waals surface area contributed by atoms with Crippen LogP contribution in [0.5, 0.6) is 0 Å². The second-order valence-corrected chi connectivity index (χ2v) is 3.70. The number of aliphatic hydroxyl groups is 1. The standard InChI is InChI=1S/C9H14N8O/c10-8-12-7(13-9(11)14-8)5-17-4-6(15-16-17)2-1-3-18/h4,18H,1-3,5H2,(H4,10,11,12,13,14). The van der Waals surface area contributed by atoms with Gasteiger partial charge in [0, 0.05) is 12.8 Å². The fraction of sp³-hybridized carbons (Fsp3) is 0.444. The lowest BCUT2D eigenvalue weighted by molar-refractivity contribution is 0.288. The molecule has 96 valence electrons. The van der Waals surface area contributed by atoms with Gasteiger partial charge in [0.2, 0.25) is 11.9 Å². The van der Waals surface area contributed by atoms with Gasteiger partial charge < -0.3 is 16.6 Å². The topological polar surface area (TPSA) is 142 Å². The molecular weight excluding hydrogens is 236 g/mol. The summed E-state index contributed by atoms with van der Waals surface area (Å²) in [6.45, 7) is 0.455. The number of hydrogen-bond donors (Lipinski definition) is 3. The minimum atomic E-state index is 0.0816. The highest BCUT2D eigenvalue weighted by Crippen LogP contribution is 2.02. The third-order valence-electron chi connectivity index (χ3n) is 2.20. The van der Waals surface area contributed by atoms with Gasteiger partial charge in [0.1, 0.15) is 6.54 Å². The maximum Gasteiger partial charge on any atom is 0.225 e. The fourth-order valence-electron chi connectivity index (χ4n) is 1.46. The van der Waals surface area contributed by atoms with E-state index in [1.807, 2.05) is 0 Å². The van der Waals surface area contributed by atoms with E-state index in [1.165, 1.54) is 0 Å². The summed E-state index contributed by atoms with van der Waals surface area (Å²) in [5.41, 5.74) is 11.7. The highest BCUT2D eigenvalue weighted by molar-refractivity contribution is 5.25. The summed E-state index contributed by atoms with van der Waals surface area (Å²) in [7, 11) is 0. The molecule has 9 nitrogen and oxygen atoms in total. The first-order chi connectivity index (χ1) is 8.67. The van der Waals surface area contributed by atoms with Crippen LogP contribution in [-0.2, 0) is 13.0 Å². The van der Waals surface area contributed by atoms with Crippen molar-refractivity contribution in [3.63, 3.8) is 0 Å². The van der Waals surface area contributed by atoms with Crippen LogP contribution in [0, 0.1) is 0 Å². The molecule has 18 heavy (non-hydrogen) atoms. The first kappa shape index (κ1) is 12.2. The second-order valence-electron chi connectivity index (χ2n) is 3.70. The molecule has 0 amide bonds. The van der Waals surface area contributed by atoms with Crippen LogP contribution in [0.1, 0.15) is 17.9 Å². The first-order valence-electron chi connectivity index (χ1n) is 5.43. The summed E-state index contributed by atoms with van der Waals surface area (Å²) in [5.74, 6) is 0.592. The van der Waals surface area contributed by atoms with E-state index < -0.39 is 0 Å². The molecule has 0 spiro atoms. The molecule has 0 aliphatic rings. The average molecular weight is 250 g/mol. The van der Waals surface area contributed by atoms with Crippen molar-refractivity contribution in [2.45, 2.75) is 19.4 Å². The Morgan fingerprint density at radius 2 is 1.89 bits per heavy atom. The fourth-order valence-corrected chi connectivity index (χ4v) is 1.46. The van der Waals surface area contributed by atoms with Crippen molar-refractivity contribution in [1.82, 2.24) is 29.9 Å². The number of anilines is 2. The molecule has 0 atom stereocenters. The zero-order valence-electron chi connectivity index (χ0n) is 9.69. The van der Waals surface area contributed by atoms with E-state index in [1.54, 1.807) is 10.9 Å². The molecule has 2 rings (SSSR count). The second kappa shape index (κ2) is 5.36. The van der Waals surface area contributed by atoms with Gasteiger partial charge >= 0.3 is 0 Å². The molecule has 0 fully saturated rings. The minimum Gasteiger partial charge on any atom is -0.396 e. The summed E-state index contributed by atoms with van der Waals surface area (Å²) in [6, 6.07) is 0. The number of aromatic nitrogens is 6. The van der Waals surface area contributed by atoms with Gasteiger partial charge in [-0.15, -0.1) is 5.10 Å². The Bertz CT molecular complexity index is 505. The Morgan fingerprint density at radius 1 is 1.17 bits per heavy atom. The predicted molar refractivity (Wildman–Crippen MR) is 63.2 cm³/mol. The molecule has 0 radical (unpaired) electrons. The van der Waals surface area contributed by atoms with E-state index in [0.29, 0.717) is 25.2 Å². The van der Waals surface area contributed by atoms with Crippen LogP contribution in [-0.4, -0.2) is 41.7 Å². The average Bonchev–Trinajstić information content (AvgIpc) is 2.72. The monoisotopic (exact) mass is 250 g/mol. The van der Waals surface area contributed by atoms with E-state index in [2.05, 4.69) is 25.3 Å². The Balaban J connectivity index is 2.06. The molecule has 2 aromatic rings. The molecular formula is C9H14N8O. The normalized spacial score (nSPS) is 10.7. The van der Waals surface area contributed by atoms with Gasteiger partial charge in [-0.1, -0.05) is 5.21 Å². The van der Waals surface area contributed by atoms with Crippen molar-refractivity contribution in [2.24, 2.45) is 0 Å². The van der Waals surface area contributed by atoms with Crippen molar-refractivity contribution in [2.75, 3.05) is 18.1 Å². The number of rotatable bonds is 5. The van der Waals surface area contributed by atoms with Gasteiger partial charge in [0.05, 0.1) is 5.69 Å². The van der Waals surface area contributed by atoms with E-state index in [-0.39, 0.29) is 18.5 Å². The SMILES string of the molecule is Nc1nc(N)nc(Cn2cc(CCCO)nn2)n1. The molecule has 0 aromatic carbocycles. The van der Waals surface area contributed by atoms with Gasteiger partial charge in [0.25, 0.3) is 0 Å². The molecule has 2 heterocycles. The Labute approximate surface area is 103 Å². The number of nitrogen functional groups attached to an aromatic ring is 2. The van der Waals surface area contributed by atoms with Gasteiger partial charge in [-0.2, -0.15) is 15.0 Å². The highest BCUT2D eigenvalue weighted by Gasteiger charge is 2.05. The van der Waals surface area contributed by atoms with Crippen LogP contribution in [0.4, 0.5) is 11.9 Å². The molecule has 0 aliphatic carbocycles. The van der Waals surface area contributed by atoms with E-state index in [0.717, 1.165) is 5.69 Å². The quantitative estimate of drug-likeness (QED) is 0.588. The van der Waals surface area contributed by atoms with Crippen molar-refractivity contribution < 1.29 is 5.11 Å². The Morgan fingerprint density at radius 3 is 2.56 bits per heavy atom. The molecule has 0 bridgehead atoms. The maximum atomic E-state index is 8.72. The summed E-state index contributed by atoms with van der Waals surface area (Å²) >= 11 is 0. The lowest BCUT2D eigenvalue weighted by Gasteiger charge is -2.01. The van der Waals surface area contributed by atoms with Crippen molar-refractivity contribution in [1.29, 1.82) is 0 Å². The molecule has 0 saturated heterocycles. The zero-order chi connectivity index (χ0) is 13.0. The lowest BCUT2D eigenvalue weighted by atomic mass is 10.3. The van der Waals surface area contributed by atoms with Crippen molar-refractivity contribution in [3.8, 4) is 0 Å². The van der Waals surface area contributed by atoms with E-state index >= 15 is 0 Å². The molecule has 0 unspecified atom stereocenters. The highest BCUT2D eigenvalue weighted by atomic mass is 16.2. The van der Waals surface area contributed by atoms with Crippen LogP contribution in [0.15, 0.2) is 6.20 Å². The lowest BCUT2D eigenvalue weighted by Crippen LogP contribution is -2.10. The maximum absolute atomic E-state index is 8.72. The Hall–Kier alpha value is -2.29. The first-order valence-corrected chi connectivity index (χ1v) is 5.43. The Kier molecular flexibility index (Phi) is 3.63. The largest absolute Gasteiger partial charge is 0.396 e. The smallest absolute Gasteiger partial charge is 0.225 e. The van der Waals surface area contributed by atoms with Crippen LogP contribution in [0.25, 0.3) is 0 Å². The number of hydrogen-bond acceptors (Lipinski definition) is 8. The molecule has 0 saturated carbocycles. The summed E-state index contributed by atoms with van der Waals surface area (Å²) in [6.07, 6.45) is 3.11. The van der Waals surface area contributed by atoms with E-state index in [9.17, 15) is 0 Å². The van der Waals surface area contributed by atoms with Crippen LogP contribution in [0.2, 0.25) is 0 Å². The molecule has 2 aromatic heterocycles. The number of aliphatic hydroxyl groups excluding tert-OH is 1. The van der Waals surface area contributed by atoms with Gasteiger partial charge in [-0.3, -0.25) is 0 Å². The zero-order valence-corrected chi connectivity index (χ0v) is 9.69. The number of nitrogens with two attached hydrogens (primary N) is 2. The summed E-state index contributed by atoms with van der Waals surface area (Å²) in [4.78, 5) is 11.6. The van der Waals surface area contributed by atoms with Crippen molar-refractivity contribution >= 4 is 11.9 Å². The number of nitrogens with zero attached hydrogens (tertiary/aromatic N) is 6. The van der Waals surface area contributed by atoms with Crippen LogP contribution < -0.4 is 11.5 Å². The van der Waals surface area contributed by atoms with Gasteiger partial charge in [0.15, 0.2) is 5.82 Å². The third kappa shape index (κ3) is 3.10. The third-order valence-corrected chi connectivity index (χ3v) is 2.20. The molecule has 5 N–H and O–H groups in total. The predicted octanol–water partition coefficient (Wildman–Crippen LogP) is -1.40. The molecule has 0 aliphatic heterocycles. The van der Waals surface area contributed by atoms with Crippen LogP contribution in [0.3, 0.4) is 0 Å². The number of aryl methyl sites for hydroxylation is 1. The summed E-state index contributed by atoms with van der Waals surface area (Å²) in [5, 5.41) is 16.6. The summed E-state index contributed by atoms with van der Waals surface area (Å²) < 4.78 is 1.58. The van der Waals surface area contributed by atoms with Gasteiger partial charge in [-0.05, 0) is 12.8 Å². The molecule has 9 heteroatoms. The van der Waals surface area contributed by atoms with Crippen LogP contribution >= 0.6 is 0 Å². The van der Waals surface area contributed by atoms with Gasteiger partial charge in [-0.25, -0.2) is 4.68 Å². The van der Waals surface area contributed by atoms with Crippen molar-refractivity contribution in [3.05, 3.63) is 17.7 Å². The van der Waals surface area contributed by atoms with E-state index in [4.69, 9.17) is 16.6 Å².